The number of piperidine rings is 1. The summed E-state index contributed by atoms with van der Waals surface area (Å²) in [4.78, 5) is 28.1. The summed E-state index contributed by atoms with van der Waals surface area (Å²) < 4.78 is 0. The first-order valence-electron chi connectivity index (χ1n) is 11.6. The summed E-state index contributed by atoms with van der Waals surface area (Å²) in [6.45, 7) is 3.29. The predicted octanol–water partition coefficient (Wildman–Crippen LogP) is 6.70. The van der Waals surface area contributed by atoms with Gasteiger partial charge in [-0.2, -0.15) is 0 Å². The average Bonchev–Trinajstić information content (AvgIpc) is 2.83. The van der Waals surface area contributed by atoms with E-state index in [-0.39, 0.29) is 17.7 Å². The van der Waals surface area contributed by atoms with Crippen LogP contribution < -0.4 is 5.32 Å². The molecule has 4 rings (SSSR count). The third-order valence-electron chi connectivity index (χ3n) is 6.39. The zero-order valence-electron chi connectivity index (χ0n) is 19.1. The third-order valence-corrected chi connectivity index (χ3v) is 7.13. The van der Waals surface area contributed by atoms with Gasteiger partial charge in [-0.25, -0.2) is 0 Å². The van der Waals surface area contributed by atoms with E-state index in [1.165, 1.54) is 0 Å². The van der Waals surface area contributed by atoms with Crippen molar-refractivity contribution in [2.24, 2.45) is 5.92 Å². The summed E-state index contributed by atoms with van der Waals surface area (Å²) in [6, 6.07) is 22.9. The van der Waals surface area contributed by atoms with E-state index in [9.17, 15) is 9.59 Å². The van der Waals surface area contributed by atoms with Crippen LogP contribution >= 0.6 is 23.2 Å². The number of hydrogen-bond acceptors (Lipinski definition) is 2. The number of likely N-dealkylation sites (tertiary alicyclic amines) is 1. The minimum absolute atomic E-state index is 0.0179. The van der Waals surface area contributed by atoms with Crippen molar-refractivity contribution < 1.29 is 9.59 Å². The number of benzene rings is 3. The molecule has 2 amide bonds. The molecule has 4 nitrogen and oxygen atoms in total. The van der Waals surface area contributed by atoms with Gasteiger partial charge in [0, 0.05) is 25.2 Å². The number of hydrogen-bond donors (Lipinski definition) is 1. The summed E-state index contributed by atoms with van der Waals surface area (Å²) in [5.74, 6) is -0.123. The molecule has 1 N–H and O–H groups in total. The second-order valence-electron chi connectivity index (χ2n) is 8.90. The van der Waals surface area contributed by atoms with Crippen LogP contribution in [0.5, 0.6) is 0 Å². The smallest absolute Gasteiger partial charge is 0.234 e. The van der Waals surface area contributed by atoms with Crippen LogP contribution in [0.4, 0.5) is 5.69 Å². The summed E-state index contributed by atoms with van der Waals surface area (Å²) in [5, 5.41) is 3.86. The van der Waals surface area contributed by atoms with Gasteiger partial charge in [0.15, 0.2) is 0 Å². The van der Waals surface area contributed by atoms with Gasteiger partial charge in [-0.15, -0.1) is 0 Å². The van der Waals surface area contributed by atoms with Gasteiger partial charge in [0.2, 0.25) is 11.8 Å². The SMILES string of the molecule is Cc1ccc(C(C(=O)N2CCC(CC(=O)Nc3ccccc3)CC2)c2ccc(Cl)c(Cl)c2)cc1. The van der Waals surface area contributed by atoms with E-state index in [4.69, 9.17) is 23.2 Å². The first kappa shape index (κ1) is 24.3. The highest BCUT2D eigenvalue weighted by molar-refractivity contribution is 6.42. The van der Waals surface area contributed by atoms with Crippen molar-refractivity contribution in [2.75, 3.05) is 18.4 Å². The number of carbonyl (C=O) groups is 2. The van der Waals surface area contributed by atoms with E-state index in [0.29, 0.717) is 29.6 Å². The Morgan fingerprint density at radius 2 is 1.56 bits per heavy atom. The second-order valence-corrected chi connectivity index (χ2v) is 9.72. The van der Waals surface area contributed by atoms with Gasteiger partial charge < -0.3 is 10.2 Å². The molecule has 0 spiro atoms. The van der Waals surface area contributed by atoms with Crippen molar-refractivity contribution in [1.29, 1.82) is 0 Å². The third kappa shape index (κ3) is 5.99. The molecule has 1 atom stereocenters. The van der Waals surface area contributed by atoms with Crippen LogP contribution in [0.15, 0.2) is 72.8 Å². The monoisotopic (exact) mass is 494 g/mol. The highest BCUT2D eigenvalue weighted by Gasteiger charge is 2.31. The Morgan fingerprint density at radius 3 is 2.21 bits per heavy atom. The van der Waals surface area contributed by atoms with Crippen LogP contribution in [0.1, 0.15) is 41.9 Å². The first-order chi connectivity index (χ1) is 16.4. The van der Waals surface area contributed by atoms with Crippen molar-refractivity contribution in [3.8, 4) is 0 Å². The molecule has 1 aliphatic rings. The second kappa shape index (κ2) is 11.1. The van der Waals surface area contributed by atoms with Crippen molar-refractivity contribution in [3.05, 3.63) is 99.5 Å². The van der Waals surface area contributed by atoms with Crippen molar-refractivity contribution in [3.63, 3.8) is 0 Å². The molecule has 176 valence electrons. The number of nitrogens with zero attached hydrogens (tertiary/aromatic N) is 1. The fourth-order valence-corrected chi connectivity index (χ4v) is 4.77. The van der Waals surface area contributed by atoms with Crippen molar-refractivity contribution in [2.45, 2.75) is 32.1 Å². The van der Waals surface area contributed by atoms with E-state index in [2.05, 4.69) is 5.32 Å². The molecule has 1 saturated heterocycles. The molecule has 6 heteroatoms. The Kier molecular flexibility index (Phi) is 7.91. The fraction of sp³-hybridized carbons (Fsp3) is 0.286. The highest BCUT2D eigenvalue weighted by atomic mass is 35.5. The largest absolute Gasteiger partial charge is 0.342 e. The zero-order valence-corrected chi connectivity index (χ0v) is 20.6. The maximum absolute atomic E-state index is 13.7. The molecule has 0 saturated carbocycles. The van der Waals surface area contributed by atoms with E-state index < -0.39 is 5.92 Å². The van der Waals surface area contributed by atoms with E-state index in [1.54, 1.807) is 12.1 Å². The maximum Gasteiger partial charge on any atom is 0.234 e. The number of aryl methyl sites for hydroxylation is 1. The molecule has 3 aromatic carbocycles. The fourth-order valence-electron chi connectivity index (χ4n) is 4.46. The van der Waals surface area contributed by atoms with Gasteiger partial charge in [0.25, 0.3) is 0 Å². The molecule has 0 bridgehead atoms. The molecule has 1 aliphatic heterocycles. The summed E-state index contributed by atoms with van der Waals surface area (Å²) in [7, 11) is 0. The lowest BCUT2D eigenvalue weighted by Crippen LogP contribution is -2.42. The molecule has 1 unspecified atom stereocenters. The molecule has 0 radical (unpaired) electrons. The Balaban J connectivity index is 1.43. The number of anilines is 1. The molecular formula is C28H28Cl2N2O2. The average molecular weight is 495 g/mol. The van der Waals surface area contributed by atoms with Crippen LogP contribution in [0.25, 0.3) is 0 Å². The Morgan fingerprint density at radius 1 is 0.912 bits per heavy atom. The minimum atomic E-state index is -0.451. The molecular weight excluding hydrogens is 467 g/mol. The molecule has 0 aliphatic carbocycles. The van der Waals surface area contributed by atoms with Crippen LogP contribution in [0.3, 0.4) is 0 Å². The van der Waals surface area contributed by atoms with Crippen molar-refractivity contribution in [1.82, 2.24) is 4.90 Å². The van der Waals surface area contributed by atoms with Crippen LogP contribution in [-0.2, 0) is 9.59 Å². The maximum atomic E-state index is 13.7. The summed E-state index contributed by atoms with van der Waals surface area (Å²) >= 11 is 12.4. The van der Waals surface area contributed by atoms with Gasteiger partial charge in [-0.3, -0.25) is 9.59 Å². The van der Waals surface area contributed by atoms with Gasteiger partial charge in [-0.05, 0) is 61.1 Å². The summed E-state index contributed by atoms with van der Waals surface area (Å²) in [6.07, 6.45) is 2.07. The van der Waals surface area contributed by atoms with Gasteiger partial charge in [0.1, 0.15) is 0 Å². The number of rotatable bonds is 6. The standard InChI is InChI=1S/C28H28Cl2N2O2/c1-19-7-9-21(10-8-19)27(22-11-12-24(29)25(30)18-22)28(34)32-15-13-20(14-16-32)17-26(33)31-23-5-3-2-4-6-23/h2-12,18,20,27H,13-17H2,1H3,(H,31,33). The summed E-state index contributed by atoms with van der Waals surface area (Å²) in [5.41, 5.74) is 3.70. The van der Waals surface area contributed by atoms with E-state index in [0.717, 1.165) is 35.2 Å². The Labute approximate surface area is 210 Å². The van der Waals surface area contributed by atoms with Gasteiger partial charge >= 0.3 is 0 Å². The number of para-hydroxylation sites is 1. The highest BCUT2D eigenvalue weighted by Crippen LogP contribution is 2.33. The first-order valence-corrected chi connectivity index (χ1v) is 12.3. The van der Waals surface area contributed by atoms with Crippen LogP contribution in [-0.4, -0.2) is 29.8 Å². The molecule has 34 heavy (non-hydrogen) atoms. The quantitative estimate of drug-likeness (QED) is 0.414. The normalized spacial score (nSPS) is 15.1. The molecule has 1 heterocycles. The number of nitrogens with one attached hydrogen (secondary N) is 1. The van der Waals surface area contributed by atoms with Crippen molar-refractivity contribution >= 4 is 40.7 Å². The van der Waals surface area contributed by atoms with E-state index in [1.807, 2.05) is 72.5 Å². The van der Waals surface area contributed by atoms with E-state index >= 15 is 0 Å². The number of carbonyl (C=O) groups excluding carboxylic acids is 2. The lowest BCUT2D eigenvalue weighted by atomic mass is 9.87. The van der Waals surface area contributed by atoms with Crippen LogP contribution in [0.2, 0.25) is 10.0 Å². The molecule has 1 fully saturated rings. The van der Waals surface area contributed by atoms with Crippen LogP contribution in [0, 0.1) is 12.8 Å². The van der Waals surface area contributed by atoms with Gasteiger partial charge in [-0.1, -0.05) is 77.3 Å². The number of halogens is 2. The topological polar surface area (TPSA) is 49.4 Å². The Hall–Kier alpha value is -2.82. The predicted molar refractivity (Wildman–Crippen MR) is 138 cm³/mol. The lowest BCUT2D eigenvalue weighted by molar-refractivity contribution is -0.133. The Bertz CT molecular complexity index is 1140. The zero-order chi connectivity index (χ0) is 24.1. The lowest BCUT2D eigenvalue weighted by Gasteiger charge is -2.34. The molecule has 3 aromatic rings. The van der Waals surface area contributed by atoms with Gasteiger partial charge in [0.05, 0.1) is 16.0 Å². The molecule has 0 aromatic heterocycles. The number of amides is 2. The minimum Gasteiger partial charge on any atom is -0.342 e.